The molecule has 0 radical (unpaired) electrons. The van der Waals surface area contributed by atoms with Crippen LogP contribution in [0.1, 0.15) is 335 Å². The molecule has 0 aromatic heterocycles. The van der Waals surface area contributed by atoms with Crippen LogP contribution in [0, 0.1) is 0 Å². The van der Waals surface area contributed by atoms with Gasteiger partial charge in [-0.2, -0.15) is 0 Å². The van der Waals surface area contributed by atoms with E-state index in [9.17, 15) is 19.8 Å². The lowest BCUT2D eigenvalue weighted by Gasteiger charge is -2.20. The fourth-order valence-corrected chi connectivity index (χ4v) is 9.57. The fourth-order valence-electron chi connectivity index (χ4n) is 9.57. The summed E-state index contributed by atoms with van der Waals surface area (Å²) in [6.45, 7) is 4.89. The zero-order valence-electron chi connectivity index (χ0n) is 47.0. The van der Waals surface area contributed by atoms with E-state index < -0.39 is 12.1 Å². The third kappa shape index (κ3) is 55.4. The Bertz CT molecular complexity index is 1130. The number of allylic oxidation sites excluding steroid dienone is 5. The lowest BCUT2D eigenvalue weighted by atomic mass is 10.0. The summed E-state index contributed by atoms with van der Waals surface area (Å²) >= 11 is 0. The second-order valence-electron chi connectivity index (χ2n) is 21.4. The van der Waals surface area contributed by atoms with E-state index in [1.165, 1.54) is 244 Å². The monoisotopic (exact) mass is 984 g/mol. The number of hydrogen-bond acceptors (Lipinski definition) is 5. The van der Waals surface area contributed by atoms with E-state index in [4.69, 9.17) is 4.74 Å². The molecule has 0 bridgehead atoms. The van der Waals surface area contributed by atoms with Gasteiger partial charge in [-0.05, 0) is 83.5 Å². The van der Waals surface area contributed by atoms with E-state index in [-0.39, 0.29) is 18.5 Å². The Balaban J connectivity index is 3.47. The molecule has 1 amide bonds. The number of aliphatic hydroxyl groups excluding tert-OH is 2. The molecule has 2 atom stereocenters. The quantitative estimate of drug-likeness (QED) is 0.0321. The minimum absolute atomic E-state index is 0.00405. The van der Waals surface area contributed by atoms with Crippen molar-refractivity contribution in [2.75, 3.05) is 13.2 Å². The molecule has 0 saturated heterocycles. The molecule has 6 heteroatoms. The maximum atomic E-state index is 12.5. The predicted molar refractivity (Wildman–Crippen MR) is 306 cm³/mol. The molecule has 0 aromatic carbocycles. The lowest BCUT2D eigenvalue weighted by Crippen LogP contribution is -2.45. The Kier molecular flexibility index (Phi) is 58.0. The minimum atomic E-state index is -0.856. The second-order valence-corrected chi connectivity index (χ2v) is 21.4. The van der Waals surface area contributed by atoms with Crippen molar-refractivity contribution in [2.24, 2.45) is 0 Å². The number of unbranched alkanes of at least 4 members (excludes halogenated alkanes) is 43. The third-order valence-electron chi connectivity index (χ3n) is 14.4. The van der Waals surface area contributed by atoms with Crippen molar-refractivity contribution in [2.45, 2.75) is 347 Å². The molecule has 0 saturated carbocycles. The van der Waals surface area contributed by atoms with Crippen LogP contribution in [0.5, 0.6) is 0 Å². The summed E-state index contributed by atoms with van der Waals surface area (Å²) in [7, 11) is 0. The summed E-state index contributed by atoms with van der Waals surface area (Å²) in [5.41, 5.74) is 0. The van der Waals surface area contributed by atoms with E-state index in [0.717, 1.165) is 64.2 Å². The van der Waals surface area contributed by atoms with Crippen LogP contribution in [0.2, 0.25) is 0 Å². The number of rotatable bonds is 58. The van der Waals surface area contributed by atoms with Crippen molar-refractivity contribution in [3.63, 3.8) is 0 Å². The smallest absolute Gasteiger partial charge is 0.305 e. The molecule has 0 aliphatic rings. The summed E-state index contributed by atoms with van der Waals surface area (Å²) in [5.74, 6) is -0.0873. The highest BCUT2D eigenvalue weighted by Crippen LogP contribution is 2.17. The van der Waals surface area contributed by atoms with Crippen LogP contribution in [0.3, 0.4) is 0 Å². The molecule has 0 rings (SSSR count). The van der Waals surface area contributed by atoms with Gasteiger partial charge in [-0.15, -0.1) is 0 Å². The maximum Gasteiger partial charge on any atom is 0.305 e. The molecule has 0 spiro atoms. The van der Waals surface area contributed by atoms with Gasteiger partial charge >= 0.3 is 5.97 Å². The van der Waals surface area contributed by atoms with Gasteiger partial charge in [0, 0.05) is 12.8 Å². The molecule has 0 aliphatic heterocycles. The SMILES string of the molecule is CCCCCCCC/C=C\CCCCCCCCCCCC(=O)OCCCCCCCCC/C=C\CCCCCCCC(=O)NC(CO)C(O)/C=C/CCCCCCCCCCCCCCCCCC. The van der Waals surface area contributed by atoms with Crippen molar-refractivity contribution in [1.82, 2.24) is 5.32 Å². The molecule has 70 heavy (non-hydrogen) atoms. The van der Waals surface area contributed by atoms with Crippen LogP contribution in [0.4, 0.5) is 0 Å². The van der Waals surface area contributed by atoms with Crippen molar-refractivity contribution >= 4 is 11.9 Å². The number of ether oxygens (including phenoxy) is 1. The molecule has 3 N–H and O–H groups in total. The second kappa shape index (κ2) is 59.6. The standard InChI is InChI=1S/C64H121NO5/c1-3-5-7-9-11-13-15-17-19-21-23-25-30-34-38-42-46-50-54-58-64(69)70-59-55-51-47-43-39-35-31-27-26-29-33-37-41-45-49-53-57-63(68)65-61(60-66)62(67)56-52-48-44-40-36-32-28-24-22-20-18-16-14-12-10-8-6-4-2/h17,19,26,29,52,56,61-62,66-67H,3-16,18,20-25,27-28,30-51,53-55,57-60H2,1-2H3,(H,65,68)/b19-17-,29-26-,56-52+. The zero-order valence-corrected chi connectivity index (χ0v) is 47.0. The van der Waals surface area contributed by atoms with Crippen LogP contribution in [0.25, 0.3) is 0 Å². The van der Waals surface area contributed by atoms with Gasteiger partial charge in [0.25, 0.3) is 0 Å². The first kappa shape index (κ1) is 68.1. The Labute approximate surface area is 436 Å². The van der Waals surface area contributed by atoms with Gasteiger partial charge in [0.2, 0.25) is 5.91 Å². The molecule has 6 nitrogen and oxygen atoms in total. The number of aliphatic hydroxyl groups is 2. The molecular formula is C64H121NO5. The van der Waals surface area contributed by atoms with E-state index in [1.54, 1.807) is 6.08 Å². The summed E-state index contributed by atoms with van der Waals surface area (Å²) in [4.78, 5) is 24.6. The van der Waals surface area contributed by atoms with Gasteiger partial charge in [-0.1, -0.05) is 275 Å². The van der Waals surface area contributed by atoms with Crippen LogP contribution >= 0.6 is 0 Å². The van der Waals surface area contributed by atoms with Crippen molar-refractivity contribution in [3.8, 4) is 0 Å². The average Bonchev–Trinajstić information content (AvgIpc) is 3.36. The predicted octanol–water partition coefficient (Wildman–Crippen LogP) is 19.6. The first-order valence-electron chi connectivity index (χ1n) is 31.3. The maximum absolute atomic E-state index is 12.5. The number of carbonyl (C=O) groups excluding carboxylic acids is 2. The number of amides is 1. The van der Waals surface area contributed by atoms with Gasteiger partial charge in [0.05, 0.1) is 25.4 Å². The van der Waals surface area contributed by atoms with E-state index in [2.05, 4.69) is 43.5 Å². The van der Waals surface area contributed by atoms with Gasteiger partial charge in [-0.25, -0.2) is 0 Å². The Morgan fingerprint density at radius 1 is 0.386 bits per heavy atom. The van der Waals surface area contributed by atoms with Crippen LogP contribution in [-0.2, 0) is 14.3 Å². The van der Waals surface area contributed by atoms with Crippen LogP contribution in [-0.4, -0.2) is 47.4 Å². The highest BCUT2D eigenvalue weighted by molar-refractivity contribution is 5.76. The summed E-state index contributed by atoms with van der Waals surface area (Å²) in [6, 6.07) is -0.641. The van der Waals surface area contributed by atoms with Gasteiger partial charge in [0.1, 0.15) is 0 Å². The first-order chi connectivity index (χ1) is 34.5. The van der Waals surface area contributed by atoms with E-state index in [1.807, 2.05) is 6.08 Å². The van der Waals surface area contributed by atoms with Gasteiger partial charge in [-0.3, -0.25) is 9.59 Å². The zero-order chi connectivity index (χ0) is 50.7. The highest BCUT2D eigenvalue weighted by Gasteiger charge is 2.18. The Hall–Kier alpha value is -1.92. The minimum Gasteiger partial charge on any atom is -0.466 e. The molecule has 0 aromatic rings. The third-order valence-corrected chi connectivity index (χ3v) is 14.4. The summed E-state index contributed by atoms with van der Waals surface area (Å²) in [6.07, 6.45) is 74.6. The molecule has 0 heterocycles. The van der Waals surface area contributed by atoms with Crippen LogP contribution in [0.15, 0.2) is 36.5 Å². The van der Waals surface area contributed by atoms with Crippen molar-refractivity contribution in [1.29, 1.82) is 0 Å². The van der Waals surface area contributed by atoms with Crippen LogP contribution < -0.4 is 5.32 Å². The topological polar surface area (TPSA) is 95.9 Å². The number of esters is 1. The Morgan fingerprint density at radius 2 is 0.671 bits per heavy atom. The molecule has 0 aliphatic carbocycles. The fraction of sp³-hybridized carbons (Fsp3) is 0.875. The average molecular weight is 985 g/mol. The molecule has 0 fully saturated rings. The summed E-state index contributed by atoms with van der Waals surface area (Å²) in [5, 5.41) is 23.2. The molecule has 2 unspecified atom stereocenters. The normalized spacial score (nSPS) is 12.8. The number of carbonyl (C=O) groups is 2. The van der Waals surface area contributed by atoms with Crippen molar-refractivity contribution in [3.05, 3.63) is 36.5 Å². The van der Waals surface area contributed by atoms with Gasteiger partial charge in [0.15, 0.2) is 0 Å². The first-order valence-corrected chi connectivity index (χ1v) is 31.3. The molecular weight excluding hydrogens is 863 g/mol. The van der Waals surface area contributed by atoms with E-state index >= 15 is 0 Å². The number of hydrogen-bond donors (Lipinski definition) is 3. The van der Waals surface area contributed by atoms with Gasteiger partial charge < -0.3 is 20.3 Å². The highest BCUT2D eigenvalue weighted by atomic mass is 16.5. The Morgan fingerprint density at radius 3 is 1.01 bits per heavy atom. The number of nitrogens with one attached hydrogen (secondary N) is 1. The molecule has 412 valence electrons. The largest absolute Gasteiger partial charge is 0.466 e. The van der Waals surface area contributed by atoms with Crippen molar-refractivity contribution < 1.29 is 24.5 Å². The summed E-state index contributed by atoms with van der Waals surface area (Å²) < 4.78 is 5.49. The lowest BCUT2D eigenvalue weighted by molar-refractivity contribution is -0.143. The van der Waals surface area contributed by atoms with E-state index in [0.29, 0.717) is 19.4 Å².